The van der Waals surface area contributed by atoms with Gasteiger partial charge in [0.15, 0.2) is 0 Å². The Kier molecular flexibility index (Phi) is 5.44. The second kappa shape index (κ2) is 3.20. The predicted octanol–water partition coefficient (Wildman–Crippen LogP) is -4.33. The summed E-state index contributed by atoms with van der Waals surface area (Å²) in [5.41, 5.74) is 0. The molecule has 0 unspecified atom stereocenters. The first kappa shape index (κ1) is 10.2. The van der Waals surface area contributed by atoms with Gasteiger partial charge in [-0.3, -0.25) is 0 Å². The van der Waals surface area contributed by atoms with Crippen molar-refractivity contribution in [1.29, 1.82) is 0 Å². The standard InChI is InChI=1S/AsH3O4.Pb/c2-1(3,4)5;/h(H3,2,3,4,5);/p-2. The van der Waals surface area contributed by atoms with Crippen molar-refractivity contribution < 1.29 is 17.5 Å². The van der Waals surface area contributed by atoms with Crippen molar-refractivity contribution in [2.75, 3.05) is 0 Å². The van der Waals surface area contributed by atoms with Gasteiger partial charge in [0.2, 0.25) is 0 Å². The topological polar surface area (TPSA) is 86.2 Å². The Morgan fingerprint density at radius 3 is 1.33 bits per heavy atom. The average molecular weight is 347 g/mol. The van der Waals surface area contributed by atoms with Crippen LogP contribution in [0.15, 0.2) is 0 Å². The van der Waals surface area contributed by atoms with Gasteiger partial charge in [0.1, 0.15) is 0 Å². The van der Waals surface area contributed by atoms with E-state index in [1.807, 2.05) is 0 Å². The molecule has 0 aromatic carbocycles. The Labute approximate surface area is 59.2 Å². The molecule has 4 nitrogen and oxygen atoms in total. The molecule has 0 aromatic heterocycles. The summed E-state index contributed by atoms with van der Waals surface area (Å²) in [5, 5.41) is 0. The van der Waals surface area contributed by atoms with Crippen molar-refractivity contribution in [1.82, 2.24) is 0 Å². The molecule has 0 rings (SSSR count). The first-order valence-corrected chi connectivity index (χ1v) is 3.79. The molecule has 36 valence electrons. The summed E-state index contributed by atoms with van der Waals surface area (Å²) in [6.45, 7) is 0. The zero-order valence-electron chi connectivity index (χ0n) is 3.58. The molecule has 0 amide bonds. The second-order valence-electron chi connectivity index (χ2n) is 0.447. The SMILES string of the molecule is O=[As]([O-])([O-])[O-].[H+].[Pb]. The summed E-state index contributed by atoms with van der Waals surface area (Å²) in [5.74, 6) is 0. The van der Waals surface area contributed by atoms with E-state index in [9.17, 15) is 0 Å². The third kappa shape index (κ3) is 66.3. The van der Waals surface area contributed by atoms with E-state index in [4.69, 9.17) is 16.0 Å². The van der Waals surface area contributed by atoms with Crippen molar-refractivity contribution in [3.8, 4) is 0 Å². The summed E-state index contributed by atoms with van der Waals surface area (Å²) in [6, 6.07) is 0. The molecule has 6 heteroatoms. The van der Waals surface area contributed by atoms with Crippen molar-refractivity contribution >= 4 is 41.8 Å². The minimum atomic E-state index is -5.88. The fourth-order valence-electron chi connectivity index (χ4n) is 0. The maximum Gasteiger partial charge on any atom is 1.00 e. The first-order valence-electron chi connectivity index (χ1n) is 0.730. The molecule has 6 heavy (non-hydrogen) atoms. The summed E-state index contributed by atoms with van der Waals surface area (Å²) < 4.78 is 34.4. The molecule has 0 aliphatic carbocycles. The molecule has 0 aromatic rings. The van der Waals surface area contributed by atoms with Crippen LogP contribution in [0, 0.1) is 0 Å². The van der Waals surface area contributed by atoms with E-state index >= 15 is 0 Å². The smallest absolute Gasteiger partial charge is 0 e. The first-order chi connectivity index (χ1) is 2.00. The van der Waals surface area contributed by atoms with E-state index in [2.05, 4.69) is 0 Å². The quantitative estimate of drug-likeness (QED) is 0.415. The van der Waals surface area contributed by atoms with Gasteiger partial charge in [-0.25, -0.2) is 0 Å². The van der Waals surface area contributed by atoms with Crippen LogP contribution in [0.25, 0.3) is 0 Å². The van der Waals surface area contributed by atoms with Gasteiger partial charge in [-0.2, -0.15) is 0 Å². The maximum atomic E-state index is 8.61. The van der Waals surface area contributed by atoms with Crippen LogP contribution < -0.4 is 12.3 Å². The molecule has 0 N–H and O–H groups in total. The van der Waals surface area contributed by atoms with Gasteiger partial charge in [-0.1, -0.05) is 0 Å². The van der Waals surface area contributed by atoms with E-state index < -0.39 is 14.5 Å². The van der Waals surface area contributed by atoms with Gasteiger partial charge in [0, 0.05) is 27.3 Å². The molecular formula is HAsO4Pb-2. The van der Waals surface area contributed by atoms with Gasteiger partial charge in [0.25, 0.3) is 0 Å². The molecule has 0 fully saturated rings. The Hall–Kier alpha value is 1.16. The van der Waals surface area contributed by atoms with Crippen LogP contribution in [0.4, 0.5) is 0 Å². The second-order valence-corrected chi connectivity index (χ2v) is 2.32. The Morgan fingerprint density at radius 1 is 1.33 bits per heavy atom. The Balaban J connectivity index is -0.0000000800. The van der Waals surface area contributed by atoms with Crippen molar-refractivity contribution in [2.24, 2.45) is 0 Å². The van der Waals surface area contributed by atoms with Gasteiger partial charge in [-0.05, 0) is 0 Å². The van der Waals surface area contributed by atoms with Crippen molar-refractivity contribution in [3.05, 3.63) is 0 Å². The number of rotatable bonds is 0. The molecule has 0 aliphatic rings. The van der Waals surface area contributed by atoms with E-state index in [1.165, 1.54) is 0 Å². The molecule has 4 radical (unpaired) electrons. The normalized spacial score (nSPS) is 9.83. The average Bonchev–Trinajstić information content (AvgIpc) is 0.722. The zero-order valence-corrected chi connectivity index (χ0v) is 8.34. The van der Waals surface area contributed by atoms with E-state index in [0.29, 0.717) is 0 Å². The van der Waals surface area contributed by atoms with E-state index in [-0.39, 0.29) is 28.7 Å². The van der Waals surface area contributed by atoms with Gasteiger partial charge in [-0.15, -0.1) is 0 Å². The minimum Gasteiger partial charge on any atom is 0 e. The van der Waals surface area contributed by atoms with Gasteiger partial charge < -0.3 is 0 Å². The van der Waals surface area contributed by atoms with Crippen LogP contribution in [-0.2, 0) is 3.74 Å². The minimum absolute atomic E-state index is 0. The molecule has 0 spiro atoms. The molecule has 0 aliphatic heterocycles. The van der Waals surface area contributed by atoms with Crippen molar-refractivity contribution in [2.45, 2.75) is 0 Å². The summed E-state index contributed by atoms with van der Waals surface area (Å²) in [7, 11) is 0. The summed E-state index contributed by atoms with van der Waals surface area (Å²) in [6.07, 6.45) is 0. The summed E-state index contributed by atoms with van der Waals surface area (Å²) >= 11 is -5.88. The fourth-order valence-corrected chi connectivity index (χ4v) is 0. The van der Waals surface area contributed by atoms with Crippen LogP contribution in [0.3, 0.4) is 0 Å². The number of hydrogen-bond donors (Lipinski definition) is 0. The van der Waals surface area contributed by atoms with Crippen LogP contribution in [0.5, 0.6) is 0 Å². The molecule has 0 bridgehead atoms. The predicted molar refractivity (Wildman–Crippen MR) is 13.3 cm³/mol. The molecular weight excluding hydrogens is 346 g/mol. The largest absolute Gasteiger partial charge is 1.00 e. The molecule has 0 saturated heterocycles. The van der Waals surface area contributed by atoms with E-state index in [1.54, 1.807) is 0 Å². The molecule has 0 atom stereocenters. The van der Waals surface area contributed by atoms with Crippen LogP contribution in [0.2, 0.25) is 0 Å². The van der Waals surface area contributed by atoms with Crippen molar-refractivity contribution in [3.63, 3.8) is 0 Å². The number of hydrogen-bond acceptors (Lipinski definition) is 4. The van der Waals surface area contributed by atoms with Crippen LogP contribution in [-0.4, -0.2) is 41.8 Å². The van der Waals surface area contributed by atoms with Gasteiger partial charge in [0.05, 0.1) is 0 Å². The summed E-state index contributed by atoms with van der Waals surface area (Å²) in [4.78, 5) is 0. The molecule has 0 saturated carbocycles. The fraction of sp³-hybridized carbons (Fsp3) is 0. The third-order valence-corrected chi connectivity index (χ3v) is 0. The van der Waals surface area contributed by atoms with Crippen LogP contribution in [0.1, 0.15) is 1.43 Å². The molecule has 0 heterocycles. The van der Waals surface area contributed by atoms with Gasteiger partial charge >= 0.3 is 32.0 Å². The Morgan fingerprint density at radius 2 is 1.33 bits per heavy atom. The third-order valence-electron chi connectivity index (χ3n) is 0. The van der Waals surface area contributed by atoms with E-state index in [0.717, 1.165) is 0 Å². The Bertz CT molecular complexity index is 57.8. The van der Waals surface area contributed by atoms with Crippen LogP contribution >= 0.6 is 0 Å². The monoisotopic (exact) mass is 348 g/mol. The zero-order chi connectivity index (χ0) is 4.50. The maximum absolute atomic E-state index is 8.61.